The van der Waals surface area contributed by atoms with Crippen molar-refractivity contribution in [1.82, 2.24) is 29.8 Å². The SMILES string of the molecule is Cc1cccc(CCC(C)C)c1-c1nc(NS(=O)(=O)c2cccc(C(=O)O)c2)nc(OCC(CC(C)(C)C)NCc2cnc3cc(C(C)C)n(C)c3n2)c1C. The van der Waals surface area contributed by atoms with Crippen molar-refractivity contribution in [2.45, 2.75) is 105 Å². The number of nitrogens with one attached hydrogen (secondary N) is 2. The van der Waals surface area contributed by atoms with Crippen molar-refractivity contribution in [1.29, 1.82) is 0 Å². The number of aromatic nitrogens is 5. The number of aromatic carboxylic acids is 1. The molecule has 2 aromatic carbocycles. The second-order valence-corrected chi connectivity index (χ2v) is 18.0. The van der Waals surface area contributed by atoms with Gasteiger partial charge in [0.05, 0.1) is 28.0 Å². The number of nitrogens with zero attached hydrogens (tertiary/aromatic N) is 5. The summed E-state index contributed by atoms with van der Waals surface area (Å²) < 4.78 is 38.5. The lowest BCUT2D eigenvalue weighted by Gasteiger charge is -2.27. The average Bonchev–Trinajstić information content (AvgIpc) is 3.44. The molecule has 5 aromatic rings. The summed E-state index contributed by atoms with van der Waals surface area (Å²) in [7, 11) is -2.26. The van der Waals surface area contributed by atoms with Gasteiger partial charge in [0.2, 0.25) is 11.8 Å². The molecular weight excluding hydrogens is 715 g/mol. The van der Waals surface area contributed by atoms with Crippen LogP contribution in [0.4, 0.5) is 5.95 Å². The van der Waals surface area contributed by atoms with Gasteiger partial charge in [0.25, 0.3) is 10.0 Å². The molecule has 0 amide bonds. The number of benzene rings is 2. The minimum absolute atomic E-state index is 0.0510. The summed E-state index contributed by atoms with van der Waals surface area (Å²) in [5.41, 5.74) is 7.69. The number of carboxylic acids is 1. The summed E-state index contributed by atoms with van der Waals surface area (Å²) in [5, 5.41) is 13.1. The Kier molecular flexibility index (Phi) is 12.7. The molecule has 0 aliphatic rings. The number of sulfonamides is 1. The summed E-state index contributed by atoms with van der Waals surface area (Å²) in [6.07, 6.45) is 4.34. The van der Waals surface area contributed by atoms with E-state index >= 15 is 0 Å². The van der Waals surface area contributed by atoms with E-state index in [2.05, 4.69) is 80.2 Å². The molecule has 0 bridgehead atoms. The van der Waals surface area contributed by atoms with Crippen LogP contribution in [-0.2, 0) is 30.0 Å². The Hall–Kier alpha value is -4.88. The molecule has 13 heteroatoms. The maximum atomic E-state index is 13.7. The molecule has 0 saturated carbocycles. The number of carboxylic acid groups (broad SMARTS) is 1. The van der Waals surface area contributed by atoms with Crippen LogP contribution < -0.4 is 14.8 Å². The Bertz CT molecular complexity index is 2280. The fourth-order valence-electron chi connectivity index (χ4n) is 6.75. The molecule has 294 valence electrons. The van der Waals surface area contributed by atoms with E-state index in [0.717, 1.165) is 58.9 Å². The quantitative estimate of drug-likeness (QED) is 0.0892. The van der Waals surface area contributed by atoms with E-state index in [1.54, 1.807) is 6.20 Å². The molecule has 1 unspecified atom stereocenters. The number of rotatable bonds is 16. The summed E-state index contributed by atoms with van der Waals surface area (Å²) in [6.45, 7) is 19.8. The molecular formula is C42H55N7O5S. The average molecular weight is 770 g/mol. The normalized spacial score (nSPS) is 12.8. The Morgan fingerprint density at radius 1 is 1.00 bits per heavy atom. The van der Waals surface area contributed by atoms with E-state index in [9.17, 15) is 18.3 Å². The number of fused-ring (bicyclic) bond motifs is 1. The monoisotopic (exact) mass is 769 g/mol. The zero-order valence-electron chi connectivity index (χ0n) is 33.7. The molecule has 0 aliphatic carbocycles. The second kappa shape index (κ2) is 16.9. The molecule has 0 spiro atoms. The highest BCUT2D eigenvalue weighted by Gasteiger charge is 2.25. The van der Waals surface area contributed by atoms with Gasteiger partial charge in [0.1, 0.15) is 12.1 Å². The van der Waals surface area contributed by atoms with Crippen molar-refractivity contribution >= 4 is 33.1 Å². The van der Waals surface area contributed by atoms with E-state index < -0.39 is 16.0 Å². The molecule has 0 aliphatic heterocycles. The molecule has 12 nitrogen and oxygen atoms in total. The summed E-state index contributed by atoms with van der Waals surface area (Å²) in [5.74, 6) is -0.346. The van der Waals surface area contributed by atoms with Crippen molar-refractivity contribution in [3.05, 3.63) is 88.4 Å². The smallest absolute Gasteiger partial charge is 0.335 e. The number of hydrogen-bond donors (Lipinski definition) is 3. The van der Waals surface area contributed by atoms with Crippen molar-refractivity contribution in [2.24, 2.45) is 18.4 Å². The van der Waals surface area contributed by atoms with E-state index in [4.69, 9.17) is 19.7 Å². The lowest BCUT2D eigenvalue weighted by atomic mass is 9.88. The van der Waals surface area contributed by atoms with Gasteiger partial charge in [-0.3, -0.25) is 4.98 Å². The van der Waals surface area contributed by atoms with Gasteiger partial charge in [-0.2, -0.15) is 4.98 Å². The number of hydrogen-bond acceptors (Lipinski definition) is 9. The molecule has 0 saturated heterocycles. The van der Waals surface area contributed by atoms with Gasteiger partial charge < -0.3 is 19.7 Å². The predicted molar refractivity (Wildman–Crippen MR) is 217 cm³/mol. The Morgan fingerprint density at radius 2 is 1.73 bits per heavy atom. The fourth-order valence-corrected chi connectivity index (χ4v) is 7.74. The minimum Gasteiger partial charge on any atom is -0.478 e. The Labute approximate surface area is 325 Å². The van der Waals surface area contributed by atoms with Crippen LogP contribution in [0, 0.1) is 25.2 Å². The van der Waals surface area contributed by atoms with Crippen LogP contribution in [0.15, 0.2) is 59.6 Å². The third-order valence-electron chi connectivity index (χ3n) is 9.57. The van der Waals surface area contributed by atoms with E-state index in [1.165, 1.54) is 23.9 Å². The highest BCUT2D eigenvalue weighted by atomic mass is 32.2. The number of aryl methyl sites for hydroxylation is 3. The first-order chi connectivity index (χ1) is 25.8. The lowest BCUT2D eigenvalue weighted by molar-refractivity contribution is 0.0696. The first kappa shape index (κ1) is 41.3. The molecule has 1 atom stereocenters. The first-order valence-corrected chi connectivity index (χ1v) is 20.3. The zero-order valence-corrected chi connectivity index (χ0v) is 34.5. The fraction of sp³-hybridized carbons (Fsp3) is 0.452. The van der Waals surface area contributed by atoms with E-state index in [0.29, 0.717) is 29.6 Å². The van der Waals surface area contributed by atoms with E-state index in [-0.39, 0.29) is 40.4 Å². The van der Waals surface area contributed by atoms with E-state index in [1.807, 2.05) is 33.0 Å². The van der Waals surface area contributed by atoms with Crippen LogP contribution in [0.25, 0.3) is 22.4 Å². The summed E-state index contributed by atoms with van der Waals surface area (Å²) >= 11 is 0. The molecule has 3 aromatic heterocycles. The molecule has 0 fully saturated rings. The zero-order chi connectivity index (χ0) is 40.2. The third-order valence-corrected chi connectivity index (χ3v) is 10.9. The summed E-state index contributed by atoms with van der Waals surface area (Å²) in [6, 6.07) is 13.2. The maximum Gasteiger partial charge on any atom is 0.335 e. The van der Waals surface area contributed by atoms with Gasteiger partial charge >= 0.3 is 5.97 Å². The maximum absolute atomic E-state index is 13.7. The lowest BCUT2D eigenvalue weighted by Crippen LogP contribution is -2.38. The highest BCUT2D eigenvalue weighted by Crippen LogP contribution is 2.35. The van der Waals surface area contributed by atoms with Crippen LogP contribution in [0.5, 0.6) is 5.88 Å². The van der Waals surface area contributed by atoms with Crippen LogP contribution in [-0.4, -0.2) is 56.6 Å². The third kappa shape index (κ3) is 10.3. The van der Waals surface area contributed by atoms with Gasteiger partial charge in [-0.1, -0.05) is 72.7 Å². The molecule has 55 heavy (non-hydrogen) atoms. The van der Waals surface area contributed by atoms with Crippen molar-refractivity contribution in [3.63, 3.8) is 0 Å². The van der Waals surface area contributed by atoms with Gasteiger partial charge in [0.15, 0.2) is 5.65 Å². The van der Waals surface area contributed by atoms with Crippen LogP contribution in [0.1, 0.15) is 106 Å². The van der Waals surface area contributed by atoms with Crippen LogP contribution in [0.3, 0.4) is 0 Å². The second-order valence-electron chi connectivity index (χ2n) is 16.3. The summed E-state index contributed by atoms with van der Waals surface area (Å²) in [4.78, 5) is 30.5. The molecule has 3 N–H and O–H groups in total. The van der Waals surface area contributed by atoms with Crippen molar-refractivity contribution in [2.75, 3.05) is 11.3 Å². The number of carbonyl (C=O) groups is 1. The van der Waals surface area contributed by atoms with Crippen LogP contribution >= 0.6 is 0 Å². The highest BCUT2D eigenvalue weighted by molar-refractivity contribution is 7.92. The first-order valence-electron chi connectivity index (χ1n) is 18.8. The van der Waals surface area contributed by atoms with Crippen LogP contribution in [0.2, 0.25) is 0 Å². The predicted octanol–water partition coefficient (Wildman–Crippen LogP) is 8.23. The van der Waals surface area contributed by atoms with Gasteiger partial charge in [-0.15, -0.1) is 0 Å². The van der Waals surface area contributed by atoms with Crippen molar-refractivity contribution in [3.8, 4) is 17.1 Å². The standard InChI is InChI=1S/C42H55N7O5S/c1-25(2)17-18-29-14-11-13-27(5)36(29)37-28(6)39(47-41(46-37)48-55(52,53)33-16-12-15-30(19-33)40(50)51)54-24-31(21-42(7,8)9)43-22-32-23-44-34-20-35(26(3)4)49(10)38(34)45-32/h11-16,19-20,23,25-26,31,43H,17-18,21-22,24H2,1-10H3,(H,50,51)(H,46,47,48). The topological polar surface area (TPSA) is 161 Å². The number of anilines is 1. The minimum atomic E-state index is -4.28. The molecule has 0 radical (unpaired) electrons. The van der Waals surface area contributed by atoms with Gasteiger partial charge in [-0.25, -0.2) is 27.9 Å². The Morgan fingerprint density at radius 3 is 2.40 bits per heavy atom. The van der Waals surface area contributed by atoms with Gasteiger partial charge in [0, 0.05) is 36.5 Å². The largest absolute Gasteiger partial charge is 0.478 e. The Balaban J connectivity index is 1.51. The molecule has 5 rings (SSSR count). The van der Waals surface area contributed by atoms with Gasteiger partial charge in [-0.05, 0) is 85.8 Å². The molecule has 3 heterocycles. The number of ether oxygens (including phenoxy) is 1. The van der Waals surface area contributed by atoms with Crippen molar-refractivity contribution < 1.29 is 23.1 Å².